The molecule has 6 heteroatoms. The number of nitrogens with one attached hydrogen (secondary N) is 1. The maximum Gasteiger partial charge on any atom is 0.306 e. The van der Waals surface area contributed by atoms with Gasteiger partial charge in [0, 0.05) is 6.42 Å². The van der Waals surface area contributed by atoms with Gasteiger partial charge in [-0.05, 0) is 77.0 Å². The first-order chi connectivity index (χ1) is 29.0. The number of amides is 1. The van der Waals surface area contributed by atoms with Gasteiger partial charge in [-0.3, -0.25) is 9.59 Å². The molecule has 0 aromatic rings. The molecule has 3 unspecified atom stereocenters. The van der Waals surface area contributed by atoms with Crippen molar-refractivity contribution in [2.75, 3.05) is 6.61 Å². The molecule has 3 N–H and O–H groups in total. The van der Waals surface area contributed by atoms with Crippen LogP contribution < -0.4 is 5.32 Å². The lowest BCUT2D eigenvalue weighted by molar-refractivity contribution is -0.151. The molecule has 0 aliphatic heterocycles. The van der Waals surface area contributed by atoms with Crippen LogP contribution in [0.5, 0.6) is 0 Å². The number of rotatable bonds is 44. The SMILES string of the molecule is CC/C=C/C/C=C/C/C=C/CCCCCCCCC(=O)OC(CCC/C=C/C=C/CCCCCCCCC)CC(=O)NC(CO)C(O)CCCCCCCCCCCC. The third-order valence-corrected chi connectivity index (χ3v) is 11.1. The minimum Gasteiger partial charge on any atom is -0.462 e. The number of ether oxygens (including phenoxy) is 1. The van der Waals surface area contributed by atoms with E-state index in [-0.39, 0.29) is 24.9 Å². The number of esters is 1. The zero-order chi connectivity index (χ0) is 43.1. The Balaban J connectivity index is 4.67. The summed E-state index contributed by atoms with van der Waals surface area (Å²) < 4.78 is 5.89. The summed E-state index contributed by atoms with van der Waals surface area (Å²) in [5, 5.41) is 23.7. The van der Waals surface area contributed by atoms with Crippen LogP contribution >= 0.6 is 0 Å². The van der Waals surface area contributed by atoms with Gasteiger partial charge in [0.15, 0.2) is 0 Å². The molecule has 0 bridgehead atoms. The Bertz CT molecular complexity index is 1060. The smallest absolute Gasteiger partial charge is 0.306 e. The first-order valence-electron chi connectivity index (χ1n) is 25.0. The Kier molecular flexibility index (Phi) is 44.7. The summed E-state index contributed by atoms with van der Waals surface area (Å²) in [5.74, 6) is -0.536. The van der Waals surface area contributed by atoms with E-state index in [9.17, 15) is 19.8 Å². The lowest BCUT2D eigenvalue weighted by atomic mass is 10.0. The van der Waals surface area contributed by atoms with Crippen molar-refractivity contribution in [1.82, 2.24) is 5.32 Å². The fourth-order valence-corrected chi connectivity index (χ4v) is 7.32. The number of hydrogen-bond donors (Lipinski definition) is 3. The molecule has 0 spiro atoms. The number of carbonyl (C=O) groups excluding carboxylic acids is 2. The topological polar surface area (TPSA) is 95.9 Å². The molecule has 0 saturated heterocycles. The zero-order valence-corrected chi connectivity index (χ0v) is 38.9. The van der Waals surface area contributed by atoms with Gasteiger partial charge in [0.25, 0.3) is 0 Å². The average Bonchev–Trinajstić information content (AvgIpc) is 3.23. The molecule has 342 valence electrons. The summed E-state index contributed by atoms with van der Waals surface area (Å²) in [7, 11) is 0. The third kappa shape index (κ3) is 42.1. The van der Waals surface area contributed by atoms with Gasteiger partial charge in [-0.15, -0.1) is 0 Å². The van der Waals surface area contributed by atoms with Gasteiger partial charge in [-0.2, -0.15) is 0 Å². The van der Waals surface area contributed by atoms with Crippen molar-refractivity contribution in [1.29, 1.82) is 0 Å². The molecule has 0 aromatic carbocycles. The molecule has 0 radical (unpaired) electrons. The second-order valence-electron chi connectivity index (χ2n) is 16.9. The molecular weight excluding hydrogens is 731 g/mol. The van der Waals surface area contributed by atoms with E-state index in [1.54, 1.807) is 0 Å². The highest BCUT2D eigenvalue weighted by molar-refractivity contribution is 5.77. The van der Waals surface area contributed by atoms with Crippen molar-refractivity contribution in [2.45, 2.75) is 257 Å². The van der Waals surface area contributed by atoms with Crippen LogP contribution in [0.3, 0.4) is 0 Å². The monoisotopic (exact) mass is 826 g/mol. The quantitative estimate of drug-likeness (QED) is 0.0246. The number of hydrogen-bond acceptors (Lipinski definition) is 5. The van der Waals surface area contributed by atoms with Crippen LogP contribution in [0.1, 0.15) is 239 Å². The molecule has 0 aliphatic rings. The normalized spacial score (nSPS) is 13.8. The number of aliphatic hydroxyl groups is 2. The Morgan fingerprint density at radius 3 is 1.53 bits per heavy atom. The van der Waals surface area contributed by atoms with E-state index in [1.165, 1.54) is 109 Å². The Hall–Kier alpha value is -2.44. The molecule has 0 aromatic heterocycles. The van der Waals surface area contributed by atoms with Crippen LogP contribution in [0, 0.1) is 0 Å². The van der Waals surface area contributed by atoms with Crippen LogP contribution in [-0.4, -0.2) is 46.9 Å². The van der Waals surface area contributed by atoms with Gasteiger partial charge in [-0.25, -0.2) is 0 Å². The number of carbonyl (C=O) groups is 2. The van der Waals surface area contributed by atoms with Gasteiger partial charge in [0.1, 0.15) is 6.10 Å². The highest BCUT2D eigenvalue weighted by Crippen LogP contribution is 2.16. The fraction of sp³-hybridized carbons (Fsp3) is 0.774. The second kappa shape index (κ2) is 46.6. The van der Waals surface area contributed by atoms with E-state index in [4.69, 9.17) is 4.74 Å². The average molecular weight is 826 g/mol. The molecule has 0 fully saturated rings. The van der Waals surface area contributed by atoms with Crippen LogP contribution in [-0.2, 0) is 14.3 Å². The summed E-state index contributed by atoms with van der Waals surface area (Å²) in [5.41, 5.74) is 0. The van der Waals surface area contributed by atoms with E-state index in [2.05, 4.69) is 86.8 Å². The van der Waals surface area contributed by atoms with Crippen molar-refractivity contribution in [3.05, 3.63) is 60.8 Å². The Labute approximate surface area is 365 Å². The lowest BCUT2D eigenvalue weighted by Gasteiger charge is -2.24. The van der Waals surface area contributed by atoms with Gasteiger partial charge < -0.3 is 20.3 Å². The van der Waals surface area contributed by atoms with Crippen molar-refractivity contribution < 1.29 is 24.5 Å². The van der Waals surface area contributed by atoms with E-state index >= 15 is 0 Å². The molecule has 0 aliphatic carbocycles. The summed E-state index contributed by atoms with van der Waals surface area (Å²) in [6, 6.07) is -0.718. The highest BCUT2D eigenvalue weighted by atomic mass is 16.5. The fourth-order valence-electron chi connectivity index (χ4n) is 7.32. The maximum absolute atomic E-state index is 13.2. The Morgan fingerprint density at radius 1 is 0.525 bits per heavy atom. The molecule has 0 heterocycles. The van der Waals surface area contributed by atoms with Crippen LogP contribution in [0.15, 0.2) is 60.8 Å². The number of allylic oxidation sites excluding steroid dienone is 10. The number of aliphatic hydroxyl groups excluding tert-OH is 2. The van der Waals surface area contributed by atoms with Gasteiger partial charge in [0.2, 0.25) is 5.91 Å². The van der Waals surface area contributed by atoms with E-state index in [0.29, 0.717) is 19.3 Å². The second-order valence-corrected chi connectivity index (χ2v) is 16.9. The standard InChI is InChI=1S/C53H95NO5/c1-4-7-10-13-16-19-22-24-26-27-29-31-34-37-40-43-46-53(58)59-49(44-41-38-35-32-30-28-25-23-20-17-14-11-8-5-2)47-52(57)54-50(48-55)51(56)45-42-39-36-33-21-18-15-12-9-6-3/h7,10,16,19,24,26,28,30,32,35,49-51,55-56H,4-6,8-9,11-15,17-18,20-23,25,27,29,31,33-34,36-48H2,1-3H3,(H,54,57)/b10-7+,19-16+,26-24+,30-28+,35-32+. The van der Waals surface area contributed by atoms with Crippen LogP contribution in [0.2, 0.25) is 0 Å². The minimum atomic E-state index is -0.801. The van der Waals surface area contributed by atoms with Crippen molar-refractivity contribution in [3.8, 4) is 0 Å². The third-order valence-electron chi connectivity index (χ3n) is 11.1. The highest BCUT2D eigenvalue weighted by Gasteiger charge is 2.24. The summed E-state index contributed by atoms with van der Waals surface area (Å²) >= 11 is 0. The summed E-state index contributed by atoms with van der Waals surface area (Å²) in [6.07, 6.45) is 57.1. The van der Waals surface area contributed by atoms with E-state index < -0.39 is 18.2 Å². The van der Waals surface area contributed by atoms with Crippen LogP contribution in [0.4, 0.5) is 0 Å². The first kappa shape index (κ1) is 56.6. The predicted molar refractivity (Wildman–Crippen MR) is 255 cm³/mol. The molecule has 0 saturated carbocycles. The molecule has 3 atom stereocenters. The first-order valence-corrected chi connectivity index (χ1v) is 25.0. The van der Waals surface area contributed by atoms with Crippen molar-refractivity contribution in [3.63, 3.8) is 0 Å². The lowest BCUT2D eigenvalue weighted by Crippen LogP contribution is -2.46. The van der Waals surface area contributed by atoms with Gasteiger partial charge in [-0.1, -0.05) is 210 Å². The number of unbranched alkanes of at least 4 members (excludes halogenated alkanes) is 23. The van der Waals surface area contributed by atoms with Crippen molar-refractivity contribution in [2.24, 2.45) is 0 Å². The minimum absolute atomic E-state index is 0.0380. The Morgan fingerprint density at radius 2 is 0.983 bits per heavy atom. The molecule has 1 amide bonds. The predicted octanol–water partition coefficient (Wildman–Crippen LogP) is 14.8. The molecule has 6 nitrogen and oxygen atoms in total. The van der Waals surface area contributed by atoms with Crippen molar-refractivity contribution >= 4 is 11.9 Å². The molecule has 0 rings (SSSR count). The summed E-state index contributed by atoms with van der Waals surface area (Å²) in [4.78, 5) is 26.1. The summed E-state index contributed by atoms with van der Waals surface area (Å²) in [6.45, 7) is 6.33. The largest absolute Gasteiger partial charge is 0.462 e. The van der Waals surface area contributed by atoms with Gasteiger partial charge >= 0.3 is 5.97 Å². The maximum atomic E-state index is 13.2. The molecule has 59 heavy (non-hydrogen) atoms. The van der Waals surface area contributed by atoms with E-state index in [1.807, 2.05) is 0 Å². The molecular formula is C53H95NO5. The van der Waals surface area contributed by atoms with Gasteiger partial charge in [0.05, 0.1) is 25.2 Å². The van der Waals surface area contributed by atoms with Crippen LogP contribution in [0.25, 0.3) is 0 Å². The zero-order valence-electron chi connectivity index (χ0n) is 38.9. The van der Waals surface area contributed by atoms with E-state index in [0.717, 1.165) is 83.5 Å².